The normalized spacial score (nSPS) is 25.2. The summed E-state index contributed by atoms with van der Waals surface area (Å²) in [6.07, 6.45) is 9.09. The molecule has 0 saturated carbocycles. The van der Waals surface area contributed by atoms with E-state index in [2.05, 4.69) is 118 Å². The largest absolute Gasteiger partial charge is 0.366 e. The van der Waals surface area contributed by atoms with Crippen molar-refractivity contribution < 1.29 is 0 Å². The van der Waals surface area contributed by atoms with Gasteiger partial charge in [-0.15, -0.1) is 0 Å². The van der Waals surface area contributed by atoms with Gasteiger partial charge in [0, 0.05) is 47.5 Å². The maximum atomic E-state index is 6.53. The van der Waals surface area contributed by atoms with Gasteiger partial charge in [0.05, 0.1) is 6.04 Å². The lowest BCUT2D eigenvalue weighted by Gasteiger charge is -2.34. The molecule has 34 heavy (non-hydrogen) atoms. The second kappa shape index (κ2) is 8.20. The van der Waals surface area contributed by atoms with Crippen LogP contribution in [0.2, 0.25) is 0 Å². The van der Waals surface area contributed by atoms with Crippen LogP contribution in [0.4, 0.5) is 11.4 Å². The average molecular weight is 471 g/mol. The van der Waals surface area contributed by atoms with Gasteiger partial charge in [-0.25, -0.2) is 0 Å². The molecule has 3 aliphatic rings. The van der Waals surface area contributed by atoms with Gasteiger partial charge in [-0.05, 0) is 58.9 Å². The molecular formula is C31H35ClN2. The Morgan fingerprint density at radius 1 is 0.882 bits per heavy atom. The molecule has 3 heteroatoms. The minimum absolute atomic E-state index is 0.00286. The quantitative estimate of drug-likeness (QED) is 0.450. The van der Waals surface area contributed by atoms with Gasteiger partial charge < -0.3 is 9.80 Å². The Bertz CT molecular complexity index is 1260. The molecule has 0 saturated heterocycles. The van der Waals surface area contributed by atoms with E-state index >= 15 is 0 Å². The number of rotatable bonds is 3. The lowest BCUT2D eigenvalue weighted by molar-refractivity contribution is 0.473. The number of nitrogens with zero attached hydrogens (tertiary/aromatic N) is 2. The summed E-state index contributed by atoms with van der Waals surface area (Å²) >= 11 is 6.53. The molecule has 1 unspecified atom stereocenters. The van der Waals surface area contributed by atoms with Gasteiger partial charge in [-0.1, -0.05) is 87.8 Å². The first-order valence-electron chi connectivity index (χ1n) is 12.3. The fourth-order valence-electron chi connectivity index (χ4n) is 6.49. The monoisotopic (exact) mass is 470 g/mol. The first-order valence-corrected chi connectivity index (χ1v) is 12.7. The van der Waals surface area contributed by atoms with E-state index in [0.29, 0.717) is 0 Å². The number of anilines is 2. The van der Waals surface area contributed by atoms with Gasteiger partial charge in [-0.3, -0.25) is 0 Å². The third-order valence-electron chi connectivity index (χ3n) is 8.27. The highest BCUT2D eigenvalue weighted by Crippen LogP contribution is 2.50. The Labute approximate surface area is 209 Å². The third-order valence-corrected chi connectivity index (χ3v) is 8.51. The first kappa shape index (κ1) is 23.1. The van der Waals surface area contributed by atoms with E-state index in [4.69, 9.17) is 11.6 Å². The molecule has 1 atom stereocenters. The highest BCUT2D eigenvalue weighted by Gasteiger charge is 2.45. The molecule has 2 heterocycles. The molecule has 2 nitrogen and oxygen atoms in total. The second-order valence-corrected chi connectivity index (χ2v) is 11.2. The van der Waals surface area contributed by atoms with Crippen LogP contribution >= 0.6 is 11.6 Å². The molecule has 1 aliphatic carbocycles. The summed E-state index contributed by atoms with van der Waals surface area (Å²) in [6, 6.07) is 17.7. The molecule has 0 amide bonds. The van der Waals surface area contributed by atoms with E-state index in [1.807, 2.05) is 5.54 Å². The number of fused-ring (bicyclic) bond motifs is 2. The molecule has 2 aliphatic heterocycles. The molecule has 176 valence electrons. The minimum atomic E-state index is -0.0102. The van der Waals surface area contributed by atoms with Crippen molar-refractivity contribution in [1.82, 2.24) is 0 Å². The van der Waals surface area contributed by atoms with Crippen molar-refractivity contribution >= 4 is 23.0 Å². The van der Waals surface area contributed by atoms with Crippen LogP contribution in [0.25, 0.3) is 0 Å². The number of hydrogen-bond donors (Lipinski definition) is 0. The number of benzene rings is 2. The Balaban J connectivity index is 1.45. The Kier molecular flexibility index (Phi) is 5.56. The molecule has 5 rings (SSSR count). The van der Waals surface area contributed by atoms with Crippen LogP contribution in [0.5, 0.6) is 0 Å². The van der Waals surface area contributed by atoms with Crippen molar-refractivity contribution in [3.8, 4) is 0 Å². The summed E-state index contributed by atoms with van der Waals surface area (Å²) in [7, 11) is 4.38. The van der Waals surface area contributed by atoms with Gasteiger partial charge in [0.25, 0.3) is 0 Å². The Morgan fingerprint density at radius 3 is 2.18 bits per heavy atom. The van der Waals surface area contributed by atoms with Gasteiger partial charge in [0.15, 0.2) is 0 Å². The smallest absolute Gasteiger partial charge is 0.0642 e. The SMILES string of the molecule is CN1C(=CC=C2C=C(C(=CCl)C3N(C)c4ccccc4C3(C)C)CC2)C(C)(C)c2ccccc21. The maximum absolute atomic E-state index is 6.53. The summed E-state index contributed by atoms with van der Waals surface area (Å²) in [6.45, 7) is 9.32. The van der Waals surface area contributed by atoms with Crippen molar-refractivity contribution in [1.29, 1.82) is 0 Å². The molecule has 0 spiro atoms. The topological polar surface area (TPSA) is 6.48 Å². The fourth-order valence-corrected chi connectivity index (χ4v) is 6.75. The summed E-state index contributed by atoms with van der Waals surface area (Å²) in [4.78, 5) is 4.74. The van der Waals surface area contributed by atoms with Crippen LogP contribution in [0, 0.1) is 0 Å². The summed E-state index contributed by atoms with van der Waals surface area (Å²) < 4.78 is 0. The number of allylic oxidation sites excluding steroid dienone is 5. The van der Waals surface area contributed by atoms with Crippen molar-refractivity contribution in [2.24, 2.45) is 0 Å². The fraction of sp³-hybridized carbons (Fsp3) is 0.355. The highest BCUT2D eigenvalue weighted by atomic mass is 35.5. The first-order chi connectivity index (χ1) is 16.2. The van der Waals surface area contributed by atoms with Gasteiger partial charge in [0.1, 0.15) is 0 Å². The molecule has 0 N–H and O–H groups in total. The number of halogens is 1. The van der Waals surface area contributed by atoms with Crippen LogP contribution in [-0.4, -0.2) is 20.1 Å². The number of para-hydroxylation sites is 2. The summed E-state index contributed by atoms with van der Waals surface area (Å²) in [5.74, 6) is 0. The van der Waals surface area contributed by atoms with Crippen LogP contribution in [-0.2, 0) is 10.8 Å². The zero-order valence-corrected chi connectivity index (χ0v) is 21.9. The van der Waals surface area contributed by atoms with Crippen LogP contribution in [0.15, 0.2) is 94.7 Å². The van der Waals surface area contributed by atoms with Crippen LogP contribution in [0.1, 0.15) is 51.7 Å². The van der Waals surface area contributed by atoms with Gasteiger partial charge in [-0.2, -0.15) is 0 Å². The number of hydrogen-bond acceptors (Lipinski definition) is 2. The van der Waals surface area contributed by atoms with E-state index in [0.717, 1.165) is 12.8 Å². The van der Waals surface area contributed by atoms with E-state index in [-0.39, 0.29) is 16.9 Å². The molecule has 2 aromatic rings. The van der Waals surface area contributed by atoms with Gasteiger partial charge >= 0.3 is 0 Å². The maximum Gasteiger partial charge on any atom is 0.0642 e. The average Bonchev–Trinajstić information content (AvgIpc) is 3.42. The third kappa shape index (κ3) is 3.38. The predicted molar refractivity (Wildman–Crippen MR) is 147 cm³/mol. The van der Waals surface area contributed by atoms with Crippen molar-refractivity contribution in [2.75, 3.05) is 23.9 Å². The van der Waals surface area contributed by atoms with E-state index in [1.54, 1.807) is 0 Å². The van der Waals surface area contributed by atoms with Crippen molar-refractivity contribution in [3.63, 3.8) is 0 Å². The van der Waals surface area contributed by atoms with Gasteiger partial charge in [0.2, 0.25) is 0 Å². The zero-order valence-electron chi connectivity index (χ0n) is 21.2. The van der Waals surface area contributed by atoms with E-state index < -0.39 is 0 Å². The number of likely N-dealkylation sites (N-methyl/N-ethyl adjacent to an activating group) is 2. The minimum Gasteiger partial charge on any atom is -0.366 e. The summed E-state index contributed by atoms with van der Waals surface area (Å²) in [5.41, 5.74) is 12.5. The van der Waals surface area contributed by atoms with E-state index in [1.165, 1.54) is 44.9 Å². The molecule has 0 aromatic heterocycles. The van der Waals surface area contributed by atoms with E-state index in [9.17, 15) is 0 Å². The van der Waals surface area contributed by atoms with Crippen LogP contribution in [0.3, 0.4) is 0 Å². The lowest BCUT2D eigenvalue weighted by Crippen LogP contribution is -2.41. The van der Waals surface area contributed by atoms with Crippen LogP contribution < -0.4 is 9.80 Å². The highest BCUT2D eigenvalue weighted by molar-refractivity contribution is 6.26. The molecule has 2 aromatic carbocycles. The standard InChI is InChI=1S/C31H35ClN2/c1-30(2)24-11-7-9-13-26(24)33(5)28(30)18-16-21-15-17-22(19-21)23(20-32)29-31(3,4)25-12-8-10-14-27(25)34(29)6/h7-14,16,18-20,29H,15,17H2,1-6H3. The molecule has 0 radical (unpaired) electrons. The Morgan fingerprint density at radius 2 is 1.53 bits per heavy atom. The van der Waals surface area contributed by atoms with Crippen molar-refractivity contribution in [3.05, 3.63) is 106 Å². The van der Waals surface area contributed by atoms with Crippen molar-refractivity contribution in [2.45, 2.75) is 57.4 Å². The Hall–Kier alpha value is -2.71. The zero-order chi connectivity index (χ0) is 24.3. The molecule has 0 fully saturated rings. The predicted octanol–water partition coefficient (Wildman–Crippen LogP) is 7.86. The molecular weight excluding hydrogens is 436 g/mol. The lowest BCUT2D eigenvalue weighted by atomic mass is 9.76. The second-order valence-electron chi connectivity index (χ2n) is 11.0. The summed E-state index contributed by atoms with van der Waals surface area (Å²) in [5, 5.41) is 0. The molecule has 0 bridgehead atoms.